The number of Topliss-reactive ketones (excluding diaryl/α,β-unsaturated/α-hetero) is 1. The molecule has 0 saturated carbocycles. The molecule has 0 unspecified atom stereocenters. The first kappa shape index (κ1) is 20.0. The summed E-state index contributed by atoms with van der Waals surface area (Å²) in [5, 5.41) is 0. The minimum Gasteiger partial charge on any atom is -0.298 e. The number of hydrogen-bond donors (Lipinski definition) is 0. The Kier molecular flexibility index (Phi) is 5.23. The van der Waals surface area contributed by atoms with Crippen molar-refractivity contribution in [1.29, 1.82) is 0 Å². The lowest BCUT2D eigenvalue weighted by Crippen LogP contribution is -2.41. The highest BCUT2D eigenvalue weighted by atomic mass is 32.2. The van der Waals surface area contributed by atoms with Crippen molar-refractivity contribution in [2.75, 3.05) is 0 Å². The smallest absolute Gasteiger partial charge is 0.298 e. The third-order valence-corrected chi connectivity index (χ3v) is 6.43. The van der Waals surface area contributed by atoms with Crippen LogP contribution >= 0.6 is 0 Å². The van der Waals surface area contributed by atoms with Crippen LogP contribution in [-0.2, 0) is 27.2 Å². The summed E-state index contributed by atoms with van der Waals surface area (Å²) in [6.45, 7) is 2.39. The van der Waals surface area contributed by atoms with Crippen LogP contribution in [-0.4, -0.2) is 23.9 Å². The standard InChI is InChI=1S/C17H15F4NO3S/c1-16(2,26(24,25)14-7-4-12(18)5-8-14)15(23)9-13-6-3-11(10-22-13)17(19,20)21/h3-8,10H,9H2,1-2H3. The van der Waals surface area contributed by atoms with E-state index in [9.17, 15) is 30.8 Å². The Morgan fingerprint density at radius 3 is 2.08 bits per heavy atom. The first-order chi connectivity index (χ1) is 11.9. The summed E-state index contributed by atoms with van der Waals surface area (Å²) >= 11 is 0. The molecule has 2 rings (SSSR count). The van der Waals surface area contributed by atoms with Gasteiger partial charge in [0.1, 0.15) is 10.6 Å². The number of halogens is 4. The molecule has 0 amide bonds. The van der Waals surface area contributed by atoms with Gasteiger partial charge in [0.2, 0.25) is 0 Å². The number of alkyl halides is 3. The molecule has 26 heavy (non-hydrogen) atoms. The fourth-order valence-corrected chi connectivity index (χ4v) is 3.59. The number of nitrogens with zero attached hydrogens (tertiary/aromatic N) is 1. The van der Waals surface area contributed by atoms with Crippen molar-refractivity contribution in [2.45, 2.75) is 36.1 Å². The Labute approximate surface area is 147 Å². The second-order valence-corrected chi connectivity index (χ2v) is 8.60. The van der Waals surface area contributed by atoms with E-state index in [0.29, 0.717) is 6.20 Å². The second kappa shape index (κ2) is 6.79. The Balaban J connectivity index is 2.25. The first-order valence-corrected chi connectivity index (χ1v) is 8.89. The summed E-state index contributed by atoms with van der Waals surface area (Å²) in [6, 6.07) is 5.83. The van der Waals surface area contributed by atoms with E-state index in [1.165, 1.54) is 13.8 Å². The molecule has 0 aliphatic heterocycles. The normalized spacial score (nSPS) is 12.8. The topological polar surface area (TPSA) is 64.1 Å². The van der Waals surface area contributed by atoms with E-state index in [1.54, 1.807) is 0 Å². The van der Waals surface area contributed by atoms with Crippen molar-refractivity contribution in [3.05, 3.63) is 59.7 Å². The van der Waals surface area contributed by atoms with Crippen molar-refractivity contribution < 1.29 is 30.8 Å². The van der Waals surface area contributed by atoms with E-state index in [1.807, 2.05) is 0 Å². The molecule has 1 aromatic heterocycles. The summed E-state index contributed by atoms with van der Waals surface area (Å²) in [4.78, 5) is 15.8. The van der Waals surface area contributed by atoms with Crippen LogP contribution < -0.4 is 0 Å². The monoisotopic (exact) mass is 389 g/mol. The Bertz CT molecular complexity index is 903. The average molecular weight is 389 g/mol. The fraction of sp³-hybridized carbons (Fsp3) is 0.294. The number of ketones is 1. The molecule has 1 aromatic carbocycles. The molecule has 0 N–H and O–H groups in total. The van der Waals surface area contributed by atoms with E-state index in [4.69, 9.17) is 0 Å². The molecule has 0 aliphatic rings. The second-order valence-electron chi connectivity index (χ2n) is 6.10. The van der Waals surface area contributed by atoms with Crippen molar-refractivity contribution in [3.8, 4) is 0 Å². The van der Waals surface area contributed by atoms with Crippen LogP contribution in [0.4, 0.5) is 17.6 Å². The highest BCUT2D eigenvalue weighted by Gasteiger charge is 2.42. The zero-order valence-corrected chi connectivity index (χ0v) is 14.7. The molecule has 0 fully saturated rings. The van der Waals surface area contributed by atoms with Gasteiger partial charge in [-0.2, -0.15) is 13.2 Å². The highest BCUT2D eigenvalue weighted by molar-refractivity contribution is 7.93. The maximum Gasteiger partial charge on any atom is 0.417 e. The van der Waals surface area contributed by atoms with E-state index >= 15 is 0 Å². The van der Waals surface area contributed by atoms with Gasteiger partial charge in [0.05, 0.1) is 16.9 Å². The summed E-state index contributed by atoms with van der Waals surface area (Å²) < 4.78 is 74.1. The molecule has 0 spiro atoms. The number of pyridine rings is 1. The van der Waals surface area contributed by atoms with Crippen molar-refractivity contribution >= 4 is 15.6 Å². The molecule has 0 bridgehead atoms. The van der Waals surface area contributed by atoms with Gasteiger partial charge < -0.3 is 0 Å². The minimum atomic E-state index is -4.55. The lowest BCUT2D eigenvalue weighted by molar-refractivity contribution is -0.137. The highest BCUT2D eigenvalue weighted by Crippen LogP contribution is 2.30. The Morgan fingerprint density at radius 1 is 1.04 bits per heavy atom. The largest absolute Gasteiger partial charge is 0.417 e. The minimum absolute atomic E-state index is 0.0189. The van der Waals surface area contributed by atoms with E-state index in [-0.39, 0.29) is 10.6 Å². The summed E-state index contributed by atoms with van der Waals surface area (Å²) in [5.74, 6) is -1.36. The zero-order valence-electron chi connectivity index (χ0n) is 13.8. The number of rotatable bonds is 5. The molecular weight excluding hydrogens is 374 g/mol. The summed E-state index contributed by atoms with van der Waals surface area (Å²) in [7, 11) is -4.13. The molecule has 0 aliphatic carbocycles. The number of hydrogen-bond acceptors (Lipinski definition) is 4. The van der Waals surface area contributed by atoms with Crippen LogP contribution in [0, 0.1) is 5.82 Å². The lowest BCUT2D eigenvalue weighted by atomic mass is 10.0. The van der Waals surface area contributed by atoms with Gasteiger partial charge in [-0.25, -0.2) is 12.8 Å². The van der Waals surface area contributed by atoms with Crippen LogP contribution in [0.5, 0.6) is 0 Å². The first-order valence-electron chi connectivity index (χ1n) is 7.41. The van der Waals surface area contributed by atoms with Crippen LogP contribution in [0.3, 0.4) is 0 Å². The SMILES string of the molecule is CC(C)(C(=O)Cc1ccc(C(F)(F)F)cn1)S(=O)(=O)c1ccc(F)cc1. The molecular formula is C17H15F4NO3S. The average Bonchev–Trinajstić information content (AvgIpc) is 2.54. The quantitative estimate of drug-likeness (QED) is 0.579. The molecule has 2 aromatic rings. The summed E-state index contributed by atoms with van der Waals surface area (Å²) in [5.41, 5.74) is -0.947. The van der Waals surface area contributed by atoms with Gasteiger partial charge >= 0.3 is 6.18 Å². The van der Waals surface area contributed by atoms with Gasteiger partial charge in [-0.15, -0.1) is 0 Å². The summed E-state index contributed by atoms with van der Waals surface area (Å²) in [6.07, 6.45) is -4.42. The van der Waals surface area contributed by atoms with Gasteiger partial charge in [0.15, 0.2) is 15.6 Å². The molecule has 0 atom stereocenters. The number of aromatic nitrogens is 1. The van der Waals surface area contributed by atoms with Gasteiger partial charge in [0, 0.05) is 11.9 Å². The fourth-order valence-electron chi connectivity index (χ4n) is 2.13. The Morgan fingerprint density at radius 2 is 1.62 bits per heavy atom. The molecule has 1 heterocycles. The number of carbonyl (C=O) groups is 1. The van der Waals surface area contributed by atoms with Gasteiger partial charge in [-0.1, -0.05) is 0 Å². The molecule has 4 nitrogen and oxygen atoms in total. The van der Waals surface area contributed by atoms with E-state index in [0.717, 1.165) is 36.4 Å². The van der Waals surface area contributed by atoms with Crippen LogP contribution in [0.15, 0.2) is 47.5 Å². The van der Waals surface area contributed by atoms with Gasteiger partial charge in [-0.3, -0.25) is 9.78 Å². The maximum absolute atomic E-state index is 13.0. The number of carbonyl (C=O) groups excluding carboxylic acids is 1. The predicted molar refractivity (Wildman–Crippen MR) is 85.6 cm³/mol. The zero-order chi connectivity index (χ0) is 19.8. The van der Waals surface area contributed by atoms with Crippen LogP contribution in [0.1, 0.15) is 25.1 Å². The van der Waals surface area contributed by atoms with Crippen molar-refractivity contribution in [1.82, 2.24) is 4.98 Å². The lowest BCUT2D eigenvalue weighted by Gasteiger charge is -2.23. The van der Waals surface area contributed by atoms with Gasteiger partial charge in [0.25, 0.3) is 0 Å². The third-order valence-electron chi connectivity index (χ3n) is 3.96. The van der Waals surface area contributed by atoms with E-state index in [2.05, 4.69) is 4.98 Å². The van der Waals surface area contributed by atoms with Crippen molar-refractivity contribution in [2.24, 2.45) is 0 Å². The maximum atomic E-state index is 13.0. The third kappa shape index (κ3) is 3.92. The molecule has 140 valence electrons. The number of sulfone groups is 1. The van der Waals surface area contributed by atoms with Crippen LogP contribution in [0.2, 0.25) is 0 Å². The van der Waals surface area contributed by atoms with Crippen molar-refractivity contribution in [3.63, 3.8) is 0 Å². The molecule has 9 heteroatoms. The van der Waals surface area contributed by atoms with Crippen LogP contribution in [0.25, 0.3) is 0 Å². The molecule has 0 radical (unpaired) electrons. The van der Waals surface area contributed by atoms with E-state index < -0.39 is 44.3 Å². The predicted octanol–water partition coefficient (Wildman–Crippen LogP) is 3.60. The molecule has 0 saturated heterocycles. The Hall–Kier alpha value is -2.29. The number of benzene rings is 1. The van der Waals surface area contributed by atoms with Gasteiger partial charge in [-0.05, 0) is 50.2 Å².